The number of carbonyl (C=O) groups excluding carboxylic acids is 1. The molecule has 2 aromatic rings. The van der Waals surface area contributed by atoms with Crippen molar-refractivity contribution in [2.45, 2.75) is 45.7 Å². The normalized spacial score (nSPS) is 19.2. The van der Waals surface area contributed by atoms with Crippen LogP contribution in [0.25, 0.3) is 0 Å². The van der Waals surface area contributed by atoms with Crippen molar-refractivity contribution in [1.29, 1.82) is 0 Å². The van der Waals surface area contributed by atoms with Gasteiger partial charge in [0.2, 0.25) is 0 Å². The van der Waals surface area contributed by atoms with E-state index in [9.17, 15) is 4.79 Å². The minimum absolute atomic E-state index is 0.00705. The Balaban J connectivity index is 1.79. The SMILES string of the molecule is Cn1ccnc1C[C@H](NC(=O)N1CC(C)(C)C1(C)C)c1ccccc1. The van der Waals surface area contributed by atoms with Crippen LogP contribution in [0.2, 0.25) is 0 Å². The number of hydrogen-bond donors (Lipinski definition) is 1. The summed E-state index contributed by atoms with van der Waals surface area (Å²) in [6.07, 6.45) is 4.39. The van der Waals surface area contributed by atoms with Gasteiger partial charge in [-0.25, -0.2) is 9.78 Å². The summed E-state index contributed by atoms with van der Waals surface area (Å²) in [5.74, 6) is 0.956. The third-order valence-electron chi connectivity index (χ3n) is 5.94. The highest BCUT2D eigenvalue weighted by Crippen LogP contribution is 2.46. The average Bonchev–Trinajstić information content (AvgIpc) is 2.97. The number of rotatable bonds is 4. The lowest BCUT2D eigenvalue weighted by Crippen LogP contribution is -2.72. The lowest BCUT2D eigenvalue weighted by molar-refractivity contribution is -0.0813. The summed E-state index contributed by atoms with van der Waals surface area (Å²) >= 11 is 0. The standard InChI is InChI=1S/C20H28N4O/c1-19(2)14-24(20(19,3)4)18(25)22-16(15-9-7-6-8-10-15)13-17-21-11-12-23(17)5/h6-12,16H,13-14H2,1-5H3,(H,22,25)/t16-/m0/s1. The Labute approximate surface area is 150 Å². The molecule has 0 spiro atoms. The van der Waals surface area contributed by atoms with Gasteiger partial charge in [0, 0.05) is 43.4 Å². The molecule has 1 N–H and O–H groups in total. The number of carbonyl (C=O) groups is 1. The van der Waals surface area contributed by atoms with Crippen molar-refractivity contribution in [2.24, 2.45) is 12.5 Å². The van der Waals surface area contributed by atoms with Crippen molar-refractivity contribution in [3.63, 3.8) is 0 Å². The number of aromatic nitrogens is 2. The van der Waals surface area contributed by atoms with Crippen LogP contribution >= 0.6 is 0 Å². The second kappa shape index (κ2) is 6.21. The Morgan fingerprint density at radius 1 is 1.24 bits per heavy atom. The van der Waals surface area contributed by atoms with Gasteiger partial charge >= 0.3 is 6.03 Å². The molecule has 134 valence electrons. The molecule has 25 heavy (non-hydrogen) atoms. The van der Waals surface area contributed by atoms with Gasteiger partial charge in [-0.05, 0) is 19.4 Å². The topological polar surface area (TPSA) is 50.2 Å². The van der Waals surface area contributed by atoms with E-state index in [2.05, 4.69) is 50.1 Å². The van der Waals surface area contributed by atoms with Crippen LogP contribution in [0.5, 0.6) is 0 Å². The van der Waals surface area contributed by atoms with Gasteiger partial charge in [0.25, 0.3) is 0 Å². The van der Waals surface area contributed by atoms with Gasteiger partial charge in [-0.3, -0.25) is 0 Å². The number of likely N-dealkylation sites (tertiary alicyclic amines) is 1. The second-order valence-corrected chi connectivity index (χ2v) is 8.10. The maximum atomic E-state index is 12.9. The third kappa shape index (κ3) is 3.15. The van der Waals surface area contributed by atoms with Crippen LogP contribution in [-0.4, -0.2) is 32.6 Å². The van der Waals surface area contributed by atoms with Crippen LogP contribution in [-0.2, 0) is 13.5 Å². The Bertz CT molecular complexity index is 748. The van der Waals surface area contributed by atoms with Crippen molar-refractivity contribution in [3.8, 4) is 0 Å². The Morgan fingerprint density at radius 2 is 1.92 bits per heavy atom. The van der Waals surface area contributed by atoms with Crippen molar-refractivity contribution in [1.82, 2.24) is 19.8 Å². The van der Waals surface area contributed by atoms with E-state index in [1.165, 1.54) is 0 Å². The molecule has 3 rings (SSSR count). The smallest absolute Gasteiger partial charge is 0.318 e. The molecule has 1 aromatic carbocycles. The lowest BCUT2D eigenvalue weighted by atomic mass is 9.65. The highest BCUT2D eigenvalue weighted by molar-refractivity contribution is 5.77. The molecule has 1 aromatic heterocycles. The quantitative estimate of drug-likeness (QED) is 0.925. The summed E-state index contributed by atoms with van der Waals surface area (Å²) in [4.78, 5) is 19.3. The summed E-state index contributed by atoms with van der Waals surface area (Å²) in [5, 5.41) is 3.23. The van der Waals surface area contributed by atoms with Gasteiger partial charge in [0.05, 0.1) is 6.04 Å². The predicted octanol–water partition coefficient (Wildman–Crippen LogP) is 3.53. The molecule has 5 heteroatoms. The first-order valence-electron chi connectivity index (χ1n) is 8.82. The molecule has 2 heterocycles. The van der Waals surface area contributed by atoms with Crippen molar-refractivity contribution < 1.29 is 4.79 Å². The number of nitrogens with zero attached hydrogens (tertiary/aromatic N) is 3. The van der Waals surface area contributed by atoms with E-state index in [-0.39, 0.29) is 23.0 Å². The first-order valence-corrected chi connectivity index (χ1v) is 8.82. The number of urea groups is 1. The van der Waals surface area contributed by atoms with Crippen LogP contribution in [0.3, 0.4) is 0 Å². The van der Waals surface area contributed by atoms with E-state index in [1.807, 2.05) is 40.9 Å². The molecular formula is C20H28N4O. The van der Waals surface area contributed by atoms with Gasteiger partial charge in [0.15, 0.2) is 0 Å². The van der Waals surface area contributed by atoms with E-state index in [4.69, 9.17) is 0 Å². The first-order chi connectivity index (χ1) is 11.7. The summed E-state index contributed by atoms with van der Waals surface area (Å²) < 4.78 is 2.00. The van der Waals surface area contributed by atoms with E-state index < -0.39 is 0 Å². The number of amides is 2. The number of aryl methyl sites for hydroxylation is 1. The van der Waals surface area contributed by atoms with Gasteiger partial charge in [0.1, 0.15) is 5.82 Å². The van der Waals surface area contributed by atoms with Crippen LogP contribution in [0, 0.1) is 5.41 Å². The summed E-state index contributed by atoms with van der Waals surface area (Å²) in [6, 6.07) is 10.00. The Kier molecular flexibility index (Phi) is 4.35. The fourth-order valence-corrected chi connectivity index (χ4v) is 3.33. The van der Waals surface area contributed by atoms with Crippen LogP contribution in [0.1, 0.15) is 45.1 Å². The molecule has 1 aliphatic rings. The molecular weight excluding hydrogens is 312 g/mol. The molecule has 0 radical (unpaired) electrons. The molecule has 1 fully saturated rings. The highest BCUT2D eigenvalue weighted by atomic mass is 16.2. The number of imidazole rings is 1. The number of hydrogen-bond acceptors (Lipinski definition) is 2. The van der Waals surface area contributed by atoms with Gasteiger partial charge in [-0.15, -0.1) is 0 Å². The molecule has 2 amide bonds. The zero-order valence-corrected chi connectivity index (χ0v) is 15.8. The maximum absolute atomic E-state index is 12.9. The summed E-state index contributed by atoms with van der Waals surface area (Å²) in [5.41, 5.74) is 1.07. The van der Waals surface area contributed by atoms with Crippen molar-refractivity contribution >= 4 is 6.03 Å². The monoisotopic (exact) mass is 340 g/mol. The molecule has 1 saturated heterocycles. The molecule has 1 aliphatic heterocycles. The molecule has 0 aliphatic carbocycles. The Morgan fingerprint density at radius 3 is 2.44 bits per heavy atom. The number of benzene rings is 1. The highest BCUT2D eigenvalue weighted by Gasteiger charge is 2.54. The van der Waals surface area contributed by atoms with Crippen LogP contribution in [0.4, 0.5) is 4.79 Å². The van der Waals surface area contributed by atoms with Gasteiger partial charge in [-0.1, -0.05) is 44.2 Å². The summed E-state index contributed by atoms with van der Waals surface area (Å²) in [6.45, 7) is 9.45. The van der Waals surface area contributed by atoms with Crippen LogP contribution in [0.15, 0.2) is 42.7 Å². The van der Waals surface area contributed by atoms with E-state index in [1.54, 1.807) is 6.20 Å². The molecule has 1 atom stereocenters. The van der Waals surface area contributed by atoms with E-state index >= 15 is 0 Å². The molecule has 5 nitrogen and oxygen atoms in total. The second-order valence-electron chi connectivity index (χ2n) is 8.10. The first kappa shape index (κ1) is 17.5. The van der Waals surface area contributed by atoms with E-state index in [0.717, 1.165) is 17.9 Å². The fraction of sp³-hybridized carbons (Fsp3) is 0.500. The average molecular weight is 340 g/mol. The van der Waals surface area contributed by atoms with E-state index in [0.29, 0.717) is 6.42 Å². The van der Waals surface area contributed by atoms with Crippen LogP contribution < -0.4 is 5.32 Å². The number of nitrogens with one attached hydrogen (secondary N) is 1. The van der Waals surface area contributed by atoms with Gasteiger partial charge < -0.3 is 14.8 Å². The van der Waals surface area contributed by atoms with Crippen molar-refractivity contribution in [3.05, 3.63) is 54.1 Å². The minimum atomic E-state index is -0.151. The minimum Gasteiger partial charge on any atom is -0.338 e. The molecule has 0 bridgehead atoms. The Hall–Kier alpha value is -2.30. The molecule has 0 saturated carbocycles. The zero-order chi connectivity index (χ0) is 18.2. The summed E-state index contributed by atoms with van der Waals surface area (Å²) in [7, 11) is 1.98. The zero-order valence-electron chi connectivity index (χ0n) is 15.8. The predicted molar refractivity (Wildman–Crippen MR) is 99.2 cm³/mol. The largest absolute Gasteiger partial charge is 0.338 e. The maximum Gasteiger partial charge on any atom is 0.318 e. The molecule has 0 unspecified atom stereocenters. The van der Waals surface area contributed by atoms with Gasteiger partial charge in [-0.2, -0.15) is 0 Å². The van der Waals surface area contributed by atoms with Crippen molar-refractivity contribution in [2.75, 3.05) is 6.54 Å². The lowest BCUT2D eigenvalue weighted by Gasteiger charge is -2.61. The fourth-order valence-electron chi connectivity index (χ4n) is 3.33. The third-order valence-corrected chi connectivity index (χ3v) is 5.94.